The first kappa shape index (κ1) is 45.4. The summed E-state index contributed by atoms with van der Waals surface area (Å²) < 4.78 is 0. The summed E-state index contributed by atoms with van der Waals surface area (Å²) >= 11 is 0. The fraction of sp³-hybridized carbons (Fsp3) is 0.381. The number of halogens is 2. The van der Waals surface area contributed by atoms with Crippen molar-refractivity contribution in [2.75, 3.05) is 0 Å². The zero-order valence-corrected chi connectivity index (χ0v) is 37.5. The van der Waals surface area contributed by atoms with E-state index in [9.17, 15) is 0 Å². The molecule has 0 aromatic heterocycles. The van der Waals surface area contributed by atoms with Crippen LogP contribution < -0.4 is 35.2 Å². The van der Waals surface area contributed by atoms with Gasteiger partial charge in [0.1, 0.15) is 0 Å². The van der Waals surface area contributed by atoms with Gasteiger partial charge in [-0.25, -0.2) is 24.3 Å². The average Bonchev–Trinajstić information content (AvgIpc) is 3.86. The van der Waals surface area contributed by atoms with Gasteiger partial charge in [0, 0.05) is 16.1 Å². The van der Waals surface area contributed by atoms with E-state index in [1.807, 2.05) is 24.3 Å². The molecule has 0 atom stereocenters. The van der Waals surface area contributed by atoms with E-state index in [2.05, 4.69) is 111 Å². The normalized spacial score (nSPS) is 16.5. The Hall–Kier alpha value is -0.600. The first-order chi connectivity index (χ1) is 21.7. The molecule has 0 saturated carbocycles. The summed E-state index contributed by atoms with van der Waals surface area (Å²) in [6, 6.07) is 36.7. The first-order valence-electron chi connectivity index (χ1n) is 17.4. The minimum Gasteiger partial charge on any atom is -1.00 e. The van der Waals surface area contributed by atoms with E-state index in [4.69, 9.17) is 0 Å². The standard InChI is InChI=1S/2C16H21Si.2C5H5.2ClH.2Zr/c2*1-2-3-11-17(12-6-13-17)16-10-9-14-7-4-5-8-15(14)16;2*1-2-4-5-3-1;;;;/h2*4-5,7-10H,2-3,6,11-13H2,1H3;2*1-3H,4H2;2*1H;;/q4*-1;;;2*+2/p-2. The molecule has 0 N–H and O–H groups in total. The van der Waals surface area contributed by atoms with Crippen LogP contribution in [-0.2, 0) is 52.4 Å². The summed E-state index contributed by atoms with van der Waals surface area (Å²) in [4.78, 5) is 0. The van der Waals surface area contributed by atoms with Crippen molar-refractivity contribution in [1.29, 1.82) is 0 Å². The van der Waals surface area contributed by atoms with Crippen molar-refractivity contribution in [1.82, 2.24) is 0 Å². The van der Waals surface area contributed by atoms with Crippen LogP contribution in [0.25, 0.3) is 21.5 Å². The minimum atomic E-state index is -1.05. The summed E-state index contributed by atoms with van der Waals surface area (Å²) in [5.41, 5.74) is 0. The van der Waals surface area contributed by atoms with Gasteiger partial charge in [0.2, 0.25) is 0 Å². The van der Waals surface area contributed by atoms with Crippen LogP contribution >= 0.6 is 0 Å². The number of unbranched alkanes of at least 4 members (excludes halogenated alkanes) is 2. The van der Waals surface area contributed by atoms with Crippen molar-refractivity contribution < 1.29 is 77.2 Å². The summed E-state index contributed by atoms with van der Waals surface area (Å²) in [7, 11) is -2.10. The molecule has 2 saturated heterocycles. The van der Waals surface area contributed by atoms with Gasteiger partial charge in [-0.3, -0.25) is 12.2 Å². The van der Waals surface area contributed by atoms with Crippen LogP contribution in [0.2, 0.25) is 36.3 Å². The van der Waals surface area contributed by atoms with Crippen LogP contribution in [0.5, 0.6) is 0 Å². The zero-order chi connectivity index (χ0) is 30.5. The van der Waals surface area contributed by atoms with E-state index < -0.39 is 16.1 Å². The molecule has 0 unspecified atom stereocenters. The third kappa shape index (κ3) is 11.7. The predicted octanol–water partition coefficient (Wildman–Crippen LogP) is 5.45. The van der Waals surface area contributed by atoms with E-state index in [1.165, 1.54) is 61.4 Å². The maximum absolute atomic E-state index is 2.99. The van der Waals surface area contributed by atoms with Gasteiger partial charge in [0.25, 0.3) is 0 Å². The van der Waals surface area contributed by atoms with Gasteiger partial charge < -0.3 is 24.8 Å². The molecule has 0 nitrogen and oxygen atoms in total. The van der Waals surface area contributed by atoms with Gasteiger partial charge in [-0.15, -0.1) is 81.2 Å². The number of rotatable bonds is 8. The van der Waals surface area contributed by atoms with Crippen molar-refractivity contribution in [2.45, 2.75) is 101 Å². The Morgan fingerprint density at radius 2 is 0.979 bits per heavy atom. The molecule has 2 aliphatic carbocycles. The van der Waals surface area contributed by atoms with Crippen LogP contribution in [0.3, 0.4) is 0 Å². The summed E-state index contributed by atoms with van der Waals surface area (Å²) in [5.74, 6) is 0. The molecule has 4 aromatic rings. The first-order valence-corrected chi connectivity index (χ1v) is 22.7. The molecule has 4 aliphatic rings. The largest absolute Gasteiger partial charge is 2.00 e. The molecule has 2 aliphatic heterocycles. The third-order valence-electron chi connectivity index (χ3n) is 10.3. The number of fused-ring (bicyclic) bond motifs is 2. The Morgan fingerprint density at radius 1 is 0.583 bits per heavy atom. The van der Waals surface area contributed by atoms with Crippen LogP contribution in [-0.4, -0.2) is 16.1 Å². The molecular formula is C42H52Cl2Si2Zr2-2. The quantitative estimate of drug-likeness (QED) is 0.164. The molecule has 8 rings (SSSR count). The fourth-order valence-electron chi connectivity index (χ4n) is 7.45. The molecule has 252 valence electrons. The molecule has 4 aromatic carbocycles. The van der Waals surface area contributed by atoms with Gasteiger partial charge in [-0.2, -0.15) is 36.4 Å². The van der Waals surface area contributed by atoms with Gasteiger partial charge in [-0.05, 0) is 0 Å². The van der Waals surface area contributed by atoms with Crippen LogP contribution in [0.1, 0.15) is 65.2 Å². The van der Waals surface area contributed by atoms with E-state index in [0.29, 0.717) is 0 Å². The topological polar surface area (TPSA) is 0 Å². The average molecular weight is 866 g/mol. The number of allylic oxidation sites excluding steroid dienone is 8. The predicted molar refractivity (Wildman–Crippen MR) is 201 cm³/mol. The molecular weight excluding hydrogens is 814 g/mol. The van der Waals surface area contributed by atoms with Crippen LogP contribution in [0, 0.1) is 12.2 Å². The molecule has 2 fully saturated rings. The maximum atomic E-state index is 2.99. The molecule has 0 amide bonds. The Morgan fingerprint density at radius 3 is 1.25 bits per heavy atom. The van der Waals surface area contributed by atoms with E-state index >= 15 is 0 Å². The maximum Gasteiger partial charge on any atom is 2.00 e. The van der Waals surface area contributed by atoms with Gasteiger partial charge >= 0.3 is 52.4 Å². The molecule has 48 heavy (non-hydrogen) atoms. The molecule has 0 spiro atoms. The van der Waals surface area contributed by atoms with Crippen molar-refractivity contribution in [3.63, 3.8) is 0 Å². The van der Waals surface area contributed by atoms with E-state index in [-0.39, 0.29) is 77.2 Å². The second-order valence-electron chi connectivity index (χ2n) is 13.1. The molecule has 2 heterocycles. The van der Waals surface area contributed by atoms with Crippen molar-refractivity contribution in [3.8, 4) is 0 Å². The van der Waals surface area contributed by atoms with Crippen LogP contribution in [0.15, 0.2) is 109 Å². The zero-order valence-electron chi connectivity index (χ0n) is 29.0. The summed E-state index contributed by atoms with van der Waals surface area (Å²) in [5, 5.41) is 9.58. The second kappa shape index (κ2) is 23.8. The SMILES string of the molecule is CCCC[Si]1([c-]2ccc3ccccc32)CCC1.CCCC[Si]1([c-]2ccc3ccccc32)CCC1.[C-]1=CC=CC1.[C-]1=CC=CC1.[Cl-].[Cl-].[Zr+2].[Zr+2]. The molecule has 0 bridgehead atoms. The van der Waals surface area contributed by atoms with Gasteiger partial charge in [-0.1, -0.05) is 101 Å². The van der Waals surface area contributed by atoms with E-state index in [0.717, 1.165) is 12.8 Å². The Labute approximate surface area is 344 Å². The Bertz CT molecular complexity index is 1430. The summed E-state index contributed by atoms with van der Waals surface area (Å²) in [6.45, 7) is 4.65. The molecule has 0 radical (unpaired) electrons. The summed E-state index contributed by atoms with van der Waals surface area (Å²) in [6.07, 6.45) is 28.5. The third-order valence-corrected chi connectivity index (χ3v) is 21.3. The smallest absolute Gasteiger partial charge is 1.00 e. The number of hydrogen-bond donors (Lipinski definition) is 0. The number of hydrogen-bond acceptors (Lipinski definition) is 0. The second-order valence-corrected chi connectivity index (χ2v) is 22.3. The van der Waals surface area contributed by atoms with Crippen molar-refractivity contribution >= 4 is 48.1 Å². The Balaban J connectivity index is 0.000000350. The van der Waals surface area contributed by atoms with Gasteiger partial charge in [0.05, 0.1) is 0 Å². The van der Waals surface area contributed by atoms with Crippen molar-refractivity contribution in [2.24, 2.45) is 0 Å². The minimum absolute atomic E-state index is 0. The fourth-order valence-corrected chi connectivity index (χ4v) is 17.0. The van der Waals surface area contributed by atoms with Crippen LogP contribution in [0.4, 0.5) is 0 Å². The van der Waals surface area contributed by atoms with Gasteiger partial charge in [0.15, 0.2) is 0 Å². The monoisotopic (exact) mass is 862 g/mol. The van der Waals surface area contributed by atoms with E-state index in [1.54, 1.807) is 45.3 Å². The number of benzene rings is 2. The Kier molecular flexibility index (Phi) is 22.5. The van der Waals surface area contributed by atoms with Crippen molar-refractivity contribution in [3.05, 3.63) is 121 Å². The molecule has 6 heteroatoms.